The normalized spacial score (nSPS) is 34.0. The summed E-state index contributed by atoms with van der Waals surface area (Å²) >= 11 is 0. The molecule has 0 aromatic heterocycles. The number of fused-ring (bicyclic) bond motifs is 3. The SMILES string of the molecule is C[C@@H](O)[C@H]1C(=O)N2C(C(=O)O)=C3[C@@H](OCCCO)CCC[C@@H]3[C@H]12. The summed E-state index contributed by atoms with van der Waals surface area (Å²) in [6.45, 7) is 1.97. The van der Waals surface area contributed by atoms with Crippen molar-refractivity contribution in [3.8, 4) is 0 Å². The molecule has 7 nitrogen and oxygen atoms in total. The standard InChI is InChI=1S/C16H23NO6/c1-8(19)11-13-9-4-2-5-10(23-7-3-6-18)12(9)14(16(21)22)17(13)15(11)20/h8-11,13,18-19H,2-7H2,1H3,(H,21,22)/t8-,9+,10+,11-,13-/m1/s1. The fourth-order valence-electron chi connectivity index (χ4n) is 4.30. The molecule has 5 atom stereocenters. The molecule has 0 aromatic rings. The van der Waals surface area contributed by atoms with Gasteiger partial charge in [-0.05, 0) is 38.2 Å². The Morgan fingerprint density at radius 1 is 1.43 bits per heavy atom. The van der Waals surface area contributed by atoms with E-state index in [-0.39, 0.29) is 36.3 Å². The second kappa shape index (κ2) is 6.22. The van der Waals surface area contributed by atoms with Gasteiger partial charge >= 0.3 is 5.97 Å². The van der Waals surface area contributed by atoms with Gasteiger partial charge in [0.1, 0.15) is 5.70 Å². The lowest BCUT2D eigenvalue weighted by molar-refractivity contribution is -0.163. The molecule has 2 aliphatic heterocycles. The lowest BCUT2D eigenvalue weighted by Gasteiger charge is -2.47. The zero-order chi connectivity index (χ0) is 16.7. The van der Waals surface area contributed by atoms with Crippen molar-refractivity contribution < 1.29 is 29.6 Å². The minimum Gasteiger partial charge on any atom is -0.477 e. The first kappa shape index (κ1) is 16.4. The maximum Gasteiger partial charge on any atom is 0.352 e. The summed E-state index contributed by atoms with van der Waals surface area (Å²) in [4.78, 5) is 25.4. The van der Waals surface area contributed by atoms with Crippen LogP contribution in [0.3, 0.4) is 0 Å². The molecule has 23 heavy (non-hydrogen) atoms. The van der Waals surface area contributed by atoms with E-state index in [2.05, 4.69) is 0 Å². The lowest BCUT2D eigenvalue weighted by atomic mass is 9.71. The maximum absolute atomic E-state index is 12.3. The first-order chi connectivity index (χ1) is 11.0. The molecule has 128 valence electrons. The quantitative estimate of drug-likeness (QED) is 0.473. The number of aliphatic hydroxyl groups is 2. The van der Waals surface area contributed by atoms with Gasteiger partial charge in [-0.3, -0.25) is 4.79 Å². The highest BCUT2D eigenvalue weighted by atomic mass is 16.5. The van der Waals surface area contributed by atoms with Crippen LogP contribution in [0.15, 0.2) is 11.3 Å². The Balaban J connectivity index is 1.91. The van der Waals surface area contributed by atoms with Crippen LogP contribution in [0.5, 0.6) is 0 Å². The number of aliphatic hydroxyl groups excluding tert-OH is 2. The fraction of sp³-hybridized carbons (Fsp3) is 0.750. The summed E-state index contributed by atoms with van der Waals surface area (Å²) in [5.74, 6) is -1.99. The average Bonchev–Trinajstić information content (AvgIpc) is 2.79. The maximum atomic E-state index is 12.3. The predicted molar refractivity (Wildman–Crippen MR) is 79.3 cm³/mol. The molecule has 2 heterocycles. The van der Waals surface area contributed by atoms with Crippen LogP contribution in [0.2, 0.25) is 0 Å². The molecule has 3 rings (SSSR count). The summed E-state index contributed by atoms with van der Waals surface area (Å²) in [7, 11) is 0. The van der Waals surface area contributed by atoms with E-state index in [1.165, 1.54) is 4.90 Å². The van der Waals surface area contributed by atoms with Gasteiger partial charge < -0.3 is 25.0 Å². The number of hydrogen-bond donors (Lipinski definition) is 3. The molecular weight excluding hydrogens is 302 g/mol. The fourth-order valence-corrected chi connectivity index (χ4v) is 4.30. The zero-order valence-corrected chi connectivity index (χ0v) is 13.1. The van der Waals surface area contributed by atoms with Crippen LogP contribution in [-0.4, -0.2) is 63.6 Å². The van der Waals surface area contributed by atoms with Crippen molar-refractivity contribution >= 4 is 11.9 Å². The van der Waals surface area contributed by atoms with Crippen LogP contribution < -0.4 is 0 Å². The number of carbonyl (C=O) groups is 2. The minimum atomic E-state index is -1.11. The van der Waals surface area contributed by atoms with Crippen molar-refractivity contribution in [2.24, 2.45) is 11.8 Å². The molecule has 1 saturated heterocycles. The molecular formula is C16H23NO6. The van der Waals surface area contributed by atoms with E-state index in [0.29, 0.717) is 18.6 Å². The van der Waals surface area contributed by atoms with Crippen molar-refractivity contribution in [1.29, 1.82) is 0 Å². The van der Waals surface area contributed by atoms with E-state index in [1.807, 2.05) is 0 Å². The van der Waals surface area contributed by atoms with E-state index >= 15 is 0 Å². The van der Waals surface area contributed by atoms with E-state index < -0.39 is 18.0 Å². The Morgan fingerprint density at radius 3 is 2.78 bits per heavy atom. The van der Waals surface area contributed by atoms with Gasteiger partial charge in [-0.15, -0.1) is 0 Å². The van der Waals surface area contributed by atoms with Gasteiger partial charge in [0.25, 0.3) is 0 Å². The van der Waals surface area contributed by atoms with E-state index in [9.17, 15) is 19.8 Å². The average molecular weight is 325 g/mol. The van der Waals surface area contributed by atoms with Gasteiger partial charge in [0.15, 0.2) is 0 Å². The molecule has 0 aromatic carbocycles. The predicted octanol–water partition coefficient (Wildman–Crippen LogP) is 0.114. The highest BCUT2D eigenvalue weighted by Gasteiger charge is 2.62. The number of ether oxygens (including phenoxy) is 1. The number of amides is 1. The van der Waals surface area contributed by atoms with Crippen molar-refractivity contribution in [3.63, 3.8) is 0 Å². The van der Waals surface area contributed by atoms with Crippen LogP contribution in [0.25, 0.3) is 0 Å². The number of nitrogens with zero attached hydrogens (tertiary/aromatic N) is 1. The largest absolute Gasteiger partial charge is 0.477 e. The first-order valence-corrected chi connectivity index (χ1v) is 8.20. The summed E-state index contributed by atoms with van der Waals surface area (Å²) in [5, 5.41) is 28.3. The number of β-lactam (4-membered cyclic amide) rings is 1. The van der Waals surface area contributed by atoms with Crippen LogP contribution in [0.4, 0.5) is 0 Å². The van der Waals surface area contributed by atoms with Crippen LogP contribution in [-0.2, 0) is 14.3 Å². The van der Waals surface area contributed by atoms with Crippen molar-refractivity contribution in [3.05, 3.63) is 11.3 Å². The highest BCUT2D eigenvalue weighted by molar-refractivity contribution is 6.00. The second-order valence-electron chi connectivity index (χ2n) is 6.55. The number of aliphatic carboxylic acids is 1. The lowest BCUT2D eigenvalue weighted by Crippen LogP contribution is -2.64. The van der Waals surface area contributed by atoms with Crippen molar-refractivity contribution in [1.82, 2.24) is 4.90 Å². The Kier molecular flexibility index (Phi) is 4.44. The highest BCUT2D eigenvalue weighted by Crippen LogP contribution is 2.52. The summed E-state index contributed by atoms with van der Waals surface area (Å²) < 4.78 is 5.79. The molecule has 7 heteroatoms. The van der Waals surface area contributed by atoms with Crippen LogP contribution >= 0.6 is 0 Å². The van der Waals surface area contributed by atoms with Gasteiger partial charge in [0.05, 0.1) is 24.2 Å². The number of carboxylic acid groups (broad SMARTS) is 1. The number of rotatable bonds is 6. The Morgan fingerprint density at radius 2 is 2.17 bits per heavy atom. The Labute approximate surface area is 134 Å². The molecule has 3 aliphatic rings. The molecule has 1 saturated carbocycles. The first-order valence-electron chi connectivity index (χ1n) is 8.20. The third-order valence-corrected chi connectivity index (χ3v) is 5.19. The molecule has 0 spiro atoms. The van der Waals surface area contributed by atoms with Crippen LogP contribution in [0.1, 0.15) is 32.6 Å². The van der Waals surface area contributed by atoms with Crippen LogP contribution in [0, 0.1) is 11.8 Å². The van der Waals surface area contributed by atoms with E-state index in [0.717, 1.165) is 19.3 Å². The molecule has 0 bridgehead atoms. The smallest absolute Gasteiger partial charge is 0.352 e. The third kappa shape index (κ3) is 2.47. The van der Waals surface area contributed by atoms with Gasteiger partial charge in [0, 0.05) is 19.1 Å². The topological polar surface area (TPSA) is 107 Å². The zero-order valence-electron chi connectivity index (χ0n) is 13.1. The van der Waals surface area contributed by atoms with Gasteiger partial charge in [0.2, 0.25) is 5.91 Å². The monoisotopic (exact) mass is 325 g/mol. The third-order valence-electron chi connectivity index (χ3n) is 5.19. The van der Waals surface area contributed by atoms with Crippen molar-refractivity contribution in [2.45, 2.75) is 50.9 Å². The molecule has 1 aliphatic carbocycles. The summed E-state index contributed by atoms with van der Waals surface area (Å²) in [6.07, 6.45) is 1.83. The van der Waals surface area contributed by atoms with E-state index in [1.54, 1.807) is 6.92 Å². The Hall–Kier alpha value is -1.44. The molecule has 0 unspecified atom stereocenters. The summed E-state index contributed by atoms with van der Waals surface area (Å²) in [6, 6.07) is -0.257. The van der Waals surface area contributed by atoms with Gasteiger partial charge in [-0.2, -0.15) is 0 Å². The minimum absolute atomic E-state index is 0.0261. The number of carboxylic acids is 1. The Bertz CT molecular complexity index is 543. The van der Waals surface area contributed by atoms with E-state index in [4.69, 9.17) is 9.84 Å². The van der Waals surface area contributed by atoms with Gasteiger partial charge in [-0.1, -0.05) is 0 Å². The number of hydrogen-bond acceptors (Lipinski definition) is 5. The second-order valence-corrected chi connectivity index (χ2v) is 6.55. The summed E-state index contributed by atoms with van der Waals surface area (Å²) in [5.41, 5.74) is 0.749. The van der Waals surface area contributed by atoms with Crippen molar-refractivity contribution in [2.75, 3.05) is 13.2 Å². The molecule has 1 amide bonds. The molecule has 3 N–H and O–H groups in total. The number of carbonyl (C=O) groups excluding carboxylic acids is 1. The van der Waals surface area contributed by atoms with Gasteiger partial charge in [-0.25, -0.2) is 4.79 Å². The molecule has 2 fully saturated rings. The molecule has 0 radical (unpaired) electrons.